The fourth-order valence-corrected chi connectivity index (χ4v) is 4.03. The first-order chi connectivity index (χ1) is 12.3. The van der Waals surface area contributed by atoms with Crippen molar-refractivity contribution in [2.75, 3.05) is 19.6 Å². The van der Waals surface area contributed by atoms with Gasteiger partial charge in [-0.05, 0) is 38.8 Å². The minimum Gasteiger partial charge on any atom is -1.00 e. The van der Waals surface area contributed by atoms with Crippen molar-refractivity contribution in [1.82, 2.24) is 4.48 Å². The topological polar surface area (TPSA) is 0 Å². The van der Waals surface area contributed by atoms with Crippen molar-refractivity contribution in [3.05, 3.63) is 30.3 Å². The number of hydrogen-bond acceptors (Lipinski definition) is 0. The highest BCUT2D eigenvalue weighted by atomic mass is 79.9. The maximum atomic E-state index is 2.34. The molecule has 0 unspecified atom stereocenters. The van der Waals surface area contributed by atoms with Crippen molar-refractivity contribution in [2.24, 2.45) is 0 Å². The highest BCUT2D eigenvalue weighted by molar-refractivity contribution is 5.42. The highest BCUT2D eigenvalue weighted by Crippen LogP contribution is 2.24. The molecule has 0 saturated heterocycles. The Balaban J connectivity index is 0.00000625. The predicted octanol–water partition coefficient (Wildman–Crippen LogP) is 4.74. The Morgan fingerprint density at radius 3 is 1.42 bits per heavy atom. The molecule has 1 aromatic rings. The summed E-state index contributed by atoms with van der Waals surface area (Å²) in [6.45, 7) is 10.7. The number of unbranched alkanes of at least 4 members (excludes halogenated alkanes) is 11. The van der Waals surface area contributed by atoms with E-state index in [-0.39, 0.29) is 17.0 Å². The molecule has 0 aliphatic carbocycles. The molecule has 0 amide bonds. The third kappa shape index (κ3) is 10.1. The molecule has 0 spiro atoms. The van der Waals surface area contributed by atoms with Crippen molar-refractivity contribution in [1.29, 1.82) is 0 Å². The number of benzene rings is 1. The Hall–Kier alpha value is -0.340. The Morgan fingerprint density at radius 1 is 0.577 bits per heavy atom. The second kappa shape index (κ2) is 16.8. The van der Waals surface area contributed by atoms with Crippen LogP contribution in [-0.4, -0.2) is 19.6 Å². The smallest absolute Gasteiger partial charge is 0.132 e. The summed E-state index contributed by atoms with van der Waals surface area (Å²) < 4.78 is 1.15. The fraction of sp³-hybridized carbons (Fsp3) is 0.750. The van der Waals surface area contributed by atoms with Gasteiger partial charge in [0, 0.05) is 0 Å². The molecule has 1 aromatic carbocycles. The van der Waals surface area contributed by atoms with Crippen molar-refractivity contribution in [3.63, 3.8) is 0 Å². The van der Waals surface area contributed by atoms with Crippen LogP contribution in [0.2, 0.25) is 0 Å². The van der Waals surface area contributed by atoms with Gasteiger partial charge in [0.2, 0.25) is 0 Å². The van der Waals surface area contributed by atoms with Crippen LogP contribution in [-0.2, 0) is 0 Å². The highest BCUT2D eigenvalue weighted by Gasteiger charge is 2.25. The van der Waals surface area contributed by atoms with E-state index in [1.54, 1.807) is 0 Å². The van der Waals surface area contributed by atoms with Crippen LogP contribution in [0.4, 0.5) is 5.69 Å². The van der Waals surface area contributed by atoms with E-state index in [0.29, 0.717) is 0 Å². The van der Waals surface area contributed by atoms with Crippen LogP contribution in [0, 0.1) is 0 Å². The van der Waals surface area contributed by atoms with Gasteiger partial charge in [0.15, 0.2) is 0 Å². The molecule has 0 bridgehead atoms. The minimum absolute atomic E-state index is 0. The lowest BCUT2D eigenvalue weighted by molar-refractivity contribution is -0.00000549. The van der Waals surface area contributed by atoms with E-state index < -0.39 is 0 Å². The van der Waals surface area contributed by atoms with Gasteiger partial charge in [-0.25, -0.2) is 0 Å². The summed E-state index contributed by atoms with van der Waals surface area (Å²) in [6, 6.07) is 11.1. The molecule has 26 heavy (non-hydrogen) atoms. The van der Waals surface area contributed by atoms with E-state index in [0.717, 1.165) is 4.48 Å². The molecule has 1 rings (SSSR count). The van der Waals surface area contributed by atoms with Gasteiger partial charge in [0.1, 0.15) is 5.69 Å². The minimum atomic E-state index is 0. The van der Waals surface area contributed by atoms with Crippen LogP contribution in [0.15, 0.2) is 30.3 Å². The first-order valence-corrected chi connectivity index (χ1v) is 11.2. The van der Waals surface area contributed by atoms with E-state index in [2.05, 4.69) is 51.1 Å². The molecular formula is C24H44BrN. The molecule has 2 heteroatoms. The number of halogens is 1. The molecule has 152 valence electrons. The summed E-state index contributed by atoms with van der Waals surface area (Å²) in [7, 11) is 0. The van der Waals surface area contributed by atoms with Crippen LogP contribution < -0.4 is 21.5 Å². The normalized spacial score (nSPS) is 11.3. The van der Waals surface area contributed by atoms with Gasteiger partial charge in [-0.2, -0.15) is 0 Å². The largest absolute Gasteiger partial charge is 1.00 e. The Bertz CT molecular complexity index is 400. The standard InChI is InChI=1S/C24H44N.BrH/c1-4-7-8-9-10-11-12-13-14-15-16-20-23-25(5-2,6-3)24-21-18-17-19-22-24;/h17-19,21-22H,4-16,20,23H2,1-3H3;1H/q+1;/p-1. The molecule has 0 heterocycles. The molecule has 0 aromatic heterocycles. The maximum absolute atomic E-state index is 2.34. The summed E-state index contributed by atoms with van der Waals surface area (Å²) >= 11 is 0. The van der Waals surface area contributed by atoms with Gasteiger partial charge in [0.05, 0.1) is 19.6 Å². The zero-order valence-electron chi connectivity index (χ0n) is 17.8. The van der Waals surface area contributed by atoms with Crippen LogP contribution in [0.3, 0.4) is 0 Å². The monoisotopic (exact) mass is 425 g/mol. The SMILES string of the molecule is CCCCCCCCCCCCCC[N+](CC)(CC)c1ccccc1.[Br-]. The Morgan fingerprint density at radius 2 is 1.00 bits per heavy atom. The van der Waals surface area contributed by atoms with Crippen LogP contribution in [0.25, 0.3) is 0 Å². The molecule has 0 atom stereocenters. The number of hydrogen-bond donors (Lipinski definition) is 0. The van der Waals surface area contributed by atoms with Crippen molar-refractivity contribution < 1.29 is 17.0 Å². The Kier molecular flexibility index (Phi) is 16.6. The summed E-state index contributed by atoms with van der Waals surface area (Å²) in [6.07, 6.45) is 17.2. The van der Waals surface area contributed by atoms with Gasteiger partial charge in [-0.1, -0.05) is 89.3 Å². The second-order valence-corrected chi connectivity index (χ2v) is 7.73. The van der Waals surface area contributed by atoms with Gasteiger partial charge in [0.25, 0.3) is 0 Å². The number of para-hydroxylation sites is 1. The summed E-state index contributed by atoms with van der Waals surface area (Å²) in [4.78, 5) is 0. The third-order valence-corrected chi connectivity index (χ3v) is 5.95. The van der Waals surface area contributed by atoms with E-state index in [1.165, 1.54) is 102 Å². The lowest BCUT2D eigenvalue weighted by Crippen LogP contribution is -3.00. The van der Waals surface area contributed by atoms with Crippen molar-refractivity contribution >= 4 is 5.69 Å². The van der Waals surface area contributed by atoms with E-state index in [1.807, 2.05) is 0 Å². The van der Waals surface area contributed by atoms with Gasteiger partial charge in [-0.15, -0.1) is 0 Å². The second-order valence-electron chi connectivity index (χ2n) is 7.73. The lowest BCUT2D eigenvalue weighted by Gasteiger charge is -2.36. The molecule has 1 nitrogen and oxygen atoms in total. The summed E-state index contributed by atoms with van der Waals surface area (Å²) in [5, 5.41) is 0. The lowest BCUT2D eigenvalue weighted by atomic mass is 10.0. The molecule has 0 fully saturated rings. The third-order valence-electron chi connectivity index (χ3n) is 5.95. The number of quaternary nitrogens is 1. The average molecular weight is 427 g/mol. The first-order valence-electron chi connectivity index (χ1n) is 11.2. The fourth-order valence-electron chi connectivity index (χ4n) is 4.03. The maximum Gasteiger partial charge on any atom is 0.132 e. The zero-order chi connectivity index (χ0) is 18.2. The molecule has 0 saturated carbocycles. The molecule has 0 aliphatic rings. The molecule has 0 N–H and O–H groups in total. The van der Waals surface area contributed by atoms with Crippen molar-refractivity contribution in [3.8, 4) is 0 Å². The quantitative estimate of drug-likeness (QED) is 0.265. The van der Waals surface area contributed by atoms with Gasteiger partial charge in [-0.3, -0.25) is 4.48 Å². The first kappa shape index (κ1) is 25.7. The summed E-state index contributed by atoms with van der Waals surface area (Å²) in [5.41, 5.74) is 1.50. The van der Waals surface area contributed by atoms with Crippen LogP contribution in [0.1, 0.15) is 97.8 Å². The number of rotatable bonds is 16. The van der Waals surface area contributed by atoms with Crippen LogP contribution in [0.5, 0.6) is 0 Å². The molecule has 0 aliphatic heterocycles. The van der Waals surface area contributed by atoms with Gasteiger partial charge < -0.3 is 17.0 Å². The van der Waals surface area contributed by atoms with Crippen LogP contribution >= 0.6 is 0 Å². The van der Waals surface area contributed by atoms with Crippen molar-refractivity contribution in [2.45, 2.75) is 97.8 Å². The zero-order valence-corrected chi connectivity index (χ0v) is 19.4. The number of nitrogens with zero attached hydrogens (tertiary/aromatic N) is 1. The van der Waals surface area contributed by atoms with E-state index in [9.17, 15) is 0 Å². The Labute approximate surface area is 174 Å². The molecule has 0 radical (unpaired) electrons. The van der Waals surface area contributed by atoms with Gasteiger partial charge >= 0.3 is 0 Å². The average Bonchev–Trinajstić information content (AvgIpc) is 2.67. The van der Waals surface area contributed by atoms with E-state index in [4.69, 9.17) is 0 Å². The predicted molar refractivity (Wildman–Crippen MR) is 115 cm³/mol. The van der Waals surface area contributed by atoms with E-state index >= 15 is 0 Å². The summed E-state index contributed by atoms with van der Waals surface area (Å²) in [5.74, 6) is 0. The molecular weight excluding hydrogens is 382 g/mol.